The summed E-state index contributed by atoms with van der Waals surface area (Å²) in [6.07, 6.45) is 2.88. The van der Waals surface area contributed by atoms with Crippen LogP contribution in [-0.2, 0) is 6.54 Å². The Hall–Kier alpha value is -1.68. The van der Waals surface area contributed by atoms with Gasteiger partial charge >= 0.3 is 0 Å². The molecule has 0 aliphatic rings. The summed E-state index contributed by atoms with van der Waals surface area (Å²) in [5.41, 5.74) is 7.44. The SMILES string of the molecule is NCCCn1cc(-c2ccccc2)nn1. The average Bonchev–Trinajstić information content (AvgIpc) is 2.76. The van der Waals surface area contributed by atoms with Crippen molar-refractivity contribution in [2.75, 3.05) is 6.54 Å². The van der Waals surface area contributed by atoms with Crippen molar-refractivity contribution in [1.82, 2.24) is 15.0 Å². The molecule has 0 unspecified atom stereocenters. The van der Waals surface area contributed by atoms with Crippen LogP contribution < -0.4 is 5.73 Å². The highest BCUT2D eigenvalue weighted by molar-refractivity contribution is 5.56. The number of aromatic nitrogens is 3. The van der Waals surface area contributed by atoms with Gasteiger partial charge in [0.15, 0.2) is 0 Å². The minimum absolute atomic E-state index is 0.681. The van der Waals surface area contributed by atoms with Crippen LogP contribution in [0.5, 0.6) is 0 Å². The van der Waals surface area contributed by atoms with Crippen molar-refractivity contribution >= 4 is 0 Å². The van der Waals surface area contributed by atoms with Gasteiger partial charge < -0.3 is 5.73 Å². The number of hydrogen-bond acceptors (Lipinski definition) is 3. The van der Waals surface area contributed by atoms with Crippen LogP contribution in [0.3, 0.4) is 0 Å². The Balaban J connectivity index is 2.14. The first-order valence-electron chi connectivity index (χ1n) is 5.06. The van der Waals surface area contributed by atoms with Gasteiger partial charge in [-0.2, -0.15) is 0 Å². The van der Waals surface area contributed by atoms with Crippen LogP contribution in [0.1, 0.15) is 6.42 Å². The first-order valence-corrected chi connectivity index (χ1v) is 5.06. The molecular formula is C11H14N4. The van der Waals surface area contributed by atoms with Crippen molar-refractivity contribution in [3.63, 3.8) is 0 Å². The summed E-state index contributed by atoms with van der Waals surface area (Å²) < 4.78 is 1.83. The van der Waals surface area contributed by atoms with Crippen LogP contribution in [0.2, 0.25) is 0 Å². The first-order chi connectivity index (χ1) is 7.40. The van der Waals surface area contributed by atoms with E-state index in [4.69, 9.17) is 5.73 Å². The lowest BCUT2D eigenvalue weighted by atomic mass is 10.2. The molecule has 0 bridgehead atoms. The van der Waals surface area contributed by atoms with Crippen LogP contribution in [0, 0.1) is 0 Å². The molecule has 4 nitrogen and oxygen atoms in total. The van der Waals surface area contributed by atoms with Gasteiger partial charge in [0, 0.05) is 12.1 Å². The lowest BCUT2D eigenvalue weighted by Gasteiger charge is -1.96. The van der Waals surface area contributed by atoms with Gasteiger partial charge in [-0.05, 0) is 13.0 Å². The van der Waals surface area contributed by atoms with Gasteiger partial charge in [-0.3, -0.25) is 4.68 Å². The molecule has 0 aliphatic carbocycles. The van der Waals surface area contributed by atoms with Crippen LogP contribution in [0.4, 0.5) is 0 Å². The van der Waals surface area contributed by atoms with Crippen molar-refractivity contribution < 1.29 is 0 Å². The highest BCUT2D eigenvalue weighted by atomic mass is 15.4. The molecule has 0 radical (unpaired) electrons. The second-order valence-electron chi connectivity index (χ2n) is 3.38. The van der Waals surface area contributed by atoms with Crippen LogP contribution in [-0.4, -0.2) is 21.5 Å². The third kappa shape index (κ3) is 2.41. The lowest BCUT2D eigenvalue weighted by Crippen LogP contribution is -2.06. The van der Waals surface area contributed by atoms with Gasteiger partial charge in [0.05, 0.1) is 6.20 Å². The molecule has 0 amide bonds. The van der Waals surface area contributed by atoms with E-state index in [-0.39, 0.29) is 0 Å². The summed E-state index contributed by atoms with van der Waals surface area (Å²) in [7, 11) is 0. The van der Waals surface area contributed by atoms with Gasteiger partial charge in [0.2, 0.25) is 0 Å². The standard InChI is InChI=1S/C11H14N4/c12-7-4-8-15-9-11(13-14-15)10-5-2-1-3-6-10/h1-3,5-6,9H,4,7-8,12H2. The number of hydrogen-bond donors (Lipinski definition) is 1. The molecule has 0 saturated carbocycles. The molecule has 2 rings (SSSR count). The molecule has 15 heavy (non-hydrogen) atoms. The molecule has 1 aromatic heterocycles. The van der Waals surface area contributed by atoms with Gasteiger partial charge in [-0.25, -0.2) is 0 Å². The highest BCUT2D eigenvalue weighted by Crippen LogP contribution is 2.14. The van der Waals surface area contributed by atoms with Crippen LogP contribution in [0.25, 0.3) is 11.3 Å². The maximum atomic E-state index is 5.43. The minimum Gasteiger partial charge on any atom is -0.330 e. The van der Waals surface area contributed by atoms with Crippen molar-refractivity contribution in [3.8, 4) is 11.3 Å². The monoisotopic (exact) mass is 202 g/mol. The molecule has 0 fully saturated rings. The summed E-state index contributed by atoms with van der Waals surface area (Å²) >= 11 is 0. The molecule has 4 heteroatoms. The molecule has 0 atom stereocenters. The summed E-state index contributed by atoms with van der Waals surface area (Å²) in [5, 5.41) is 8.15. The van der Waals surface area contributed by atoms with Crippen LogP contribution >= 0.6 is 0 Å². The Morgan fingerprint density at radius 2 is 2.00 bits per heavy atom. The zero-order valence-electron chi connectivity index (χ0n) is 8.50. The van der Waals surface area contributed by atoms with Crippen molar-refractivity contribution in [2.24, 2.45) is 5.73 Å². The van der Waals surface area contributed by atoms with E-state index in [0.717, 1.165) is 24.2 Å². The summed E-state index contributed by atoms with van der Waals surface area (Å²) in [4.78, 5) is 0. The fourth-order valence-electron chi connectivity index (χ4n) is 1.40. The number of benzene rings is 1. The van der Waals surface area contributed by atoms with E-state index >= 15 is 0 Å². The van der Waals surface area contributed by atoms with E-state index in [2.05, 4.69) is 10.3 Å². The summed E-state index contributed by atoms with van der Waals surface area (Å²) in [6.45, 7) is 1.51. The molecule has 0 spiro atoms. The predicted molar refractivity (Wildman–Crippen MR) is 59.1 cm³/mol. The van der Waals surface area contributed by atoms with Crippen molar-refractivity contribution in [3.05, 3.63) is 36.5 Å². The quantitative estimate of drug-likeness (QED) is 0.812. The third-order valence-corrected chi connectivity index (χ3v) is 2.20. The van der Waals surface area contributed by atoms with Crippen molar-refractivity contribution in [2.45, 2.75) is 13.0 Å². The topological polar surface area (TPSA) is 56.7 Å². The predicted octanol–water partition coefficient (Wildman–Crippen LogP) is 1.29. The average molecular weight is 202 g/mol. The smallest absolute Gasteiger partial charge is 0.113 e. The maximum Gasteiger partial charge on any atom is 0.113 e. The van der Waals surface area contributed by atoms with E-state index in [1.165, 1.54) is 0 Å². The normalized spacial score (nSPS) is 10.5. The fraction of sp³-hybridized carbons (Fsp3) is 0.273. The van der Waals surface area contributed by atoms with E-state index < -0.39 is 0 Å². The summed E-state index contributed by atoms with van der Waals surface area (Å²) in [5.74, 6) is 0. The molecule has 1 aromatic carbocycles. The number of nitrogens with two attached hydrogens (primary N) is 1. The van der Waals surface area contributed by atoms with E-state index in [1.807, 2.05) is 41.2 Å². The van der Waals surface area contributed by atoms with E-state index in [9.17, 15) is 0 Å². The molecule has 0 aliphatic heterocycles. The van der Waals surface area contributed by atoms with Gasteiger partial charge in [0.25, 0.3) is 0 Å². The van der Waals surface area contributed by atoms with Crippen molar-refractivity contribution in [1.29, 1.82) is 0 Å². The minimum atomic E-state index is 0.681. The highest BCUT2D eigenvalue weighted by Gasteiger charge is 2.01. The first kappa shape index (κ1) is 9.86. The Labute approximate surface area is 88.7 Å². The van der Waals surface area contributed by atoms with Crippen LogP contribution in [0.15, 0.2) is 36.5 Å². The molecule has 0 saturated heterocycles. The molecular weight excluding hydrogens is 188 g/mol. The summed E-state index contributed by atoms with van der Waals surface area (Å²) in [6, 6.07) is 10.0. The Morgan fingerprint density at radius 1 is 1.20 bits per heavy atom. The molecule has 78 valence electrons. The second-order valence-corrected chi connectivity index (χ2v) is 3.38. The molecule has 2 aromatic rings. The molecule has 1 heterocycles. The Kier molecular flexibility index (Phi) is 3.09. The van der Waals surface area contributed by atoms with Gasteiger partial charge in [0.1, 0.15) is 5.69 Å². The third-order valence-electron chi connectivity index (χ3n) is 2.20. The van der Waals surface area contributed by atoms with E-state index in [0.29, 0.717) is 6.54 Å². The fourth-order valence-corrected chi connectivity index (χ4v) is 1.40. The molecule has 2 N–H and O–H groups in total. The Bertz CT molecular complexity index is 408. The van der Waals surface area contributed by atoms with Gasteiger partial charge in [-0.15, -0.1) is 5.10 Å². The largest absolute Gasteiger partial charge is 0.330 e. The van der Waals surface area contributed by atoms with Gasteiger partial charge in [-0.1, -0.05) is 35.5 Å². The maximum absolute atomic E-state index is 5.43. The lowest BCUT2D eigenvalue weighted by molar-refractivity contribution is 0.564. The zero-order chi connectivity index (χ0) is 10.5. The van der Waals surface area contributed by atoms with E-state index in [1.54, 1.807) is 0 Å². The Morgan fingerprint density at radius 3 is 2.73 bits per heavy atom. The number of aryl methyl sites for hydroxylation is 1. The second kappa shape index (κ2) is 4.70. The number of nitrogens with zero attached hydrogens (tertiary/aromatic N) is 3. The zero-order valence-corrected chi connectivity index (χ0v) is 8.50. The number of rotatable bonds is 4.